The normalized spacial score (nSPS) is 10.9. The van der Waals surface area contributed by atoms with Gasteiger partial charge in [0.15, 0.2) is 0 Å². The van der Waals surface area contributed by atoms with Crippen LogP contribution < -0.4 is 0 Å². The predicted molar refractivity (Wildman–Crippen MR) is 95.3 cm³/mol. The molecular weight excluding hydrogens is 276 g/mol. The van der Waals surface area contributed by atoms with E-state index in [4.69, 9.17) is 0 Å². The Balaban J connectivity index is 1.81. The van der Waals surface area contributed by atoms with Crippen molar-refractivity contribution in [3.63, 3.8) is 0 Å². The lowest BCUT2D eigenvalue weighted by Gasteiger charge is -2.03. The molecule has 0 spiro atoms. The Morgan fingerprint density at radius 1 is 0.714 bits per heavy atom. The third-order valence-electron chi connectivity index (χ3n) is 3.85. The van der Waals surface area contributed by atoms with Crippen LogP contribution in [0.15, 0.2) is 29.2 Å². The van der Waals surface area contributed by atoms with Gasteiger partial charge in [0.25, 0.3) is 0 Å². The highest BCUT2D eigenvalue weighted by Gasteiger charge is 1.96. The molecule has 1 aromatic carbocycles. The minimum Gasteiger partial charge on any atom is -0.508 e. The smallest absolute Gasteiger partial charge is 0.115 e. The van der Waals surface area contributed by atoms with Crippen LogP contribution in [-0.4, -0.2) is 10.9 Å². The quantitative estimate of drug-likeness (QED) is 0.319. The summed E-state index contributed by atoms with van der Waals surface area (Å²) < 4.78 is 0. The fourth-order valence-corrected chi connectivity index (χ4v) is 3.41. The highest BCUT2D eigenvalue weighted by atomic mass is 32.2. The SMILES string of the molecule is CCCCCCCCCCCCCSc1ccc(O)cc1. The molecule has 0 saturated carbocycles. The second-order valence-corrected chi connectivity index (χ2v) is 7.05. The largest absolute Gasteiger partial charge is 0.508 e. The Labute approximate surface area is 135 Å². The Bertz CT molecular complexity index is 334. The predicted octanol–water partition coefficient (Wildman–Crippen LogP) is 6.80. The van der Waals surface area contributed by atoms with E-state index in [1.165, 1.54) is 81.3 Å². The van der Waals surface area contributed by atoms with Crippen LogP contribution in [0, 0.1) is 0 Å². The molecule has 0 atom stereocenters. The summed E-state index contributed by atoms with van der Waals surface area (Å²) in [4.78, 5) is 1.26. The lowest BCUT2D eigenvalue weighted by molar-refractivity contribution is 0.475. The number of aromatic hydroxyl groups is 1. The summed E-state index contributed by atoms with van der Waals surface area (Å²) in [7, 11) is 0. The molecular formula is C19H32OS. The number of unbranched alkanes of at least 4 members (excludes halogenated alkanes) is 10. The molecule has 0 unspecified atom stereocenters. The van der Waals surface area contributed by atoms with Crippen LogP contribution in [0.3, 0.4) is 0 Å². The topological polar surface area (TPSA) is 20.2 Å². The third kappa shape index (κ3) is 10.7. The van der Waals surface area contributed by atoms with E-state index in [0.717, 1.165) is 0 Å². The number of hydrogen-bond acceptors (Lipinski definition) is 2. The molecule has 1 aromatic rings. The second-order valence-electron chi connectivity index (χ2n) is 5.88. The van der Waals surface area contributed by atoms with Crippen molar-refractivity contribution in [1.82, 2.24) is 0 Å². The van der Waals surface area contributed by atoms with Gasteiger partial charge in [-0.05, 0) is 36.4 Å². The minimum atomic E-state index is 0.356. The van der Waals surface area contributed by atoms with Crippen LogP contribution in [0.2, 0.25) is 0 Å². The maximum absolute atomic E-state index is 9.22. The maximum Gasteiger partial charge on any atom is 0.115 e. The molecule has 0 bridgehead atoms. The van der Waals surface area contributed by atoms with Gasteiger partial charge in [-0.15, -0.1) is 11.8 Å². The molecule has 2 heteroatoms. The Hall–Kier alpha value is -0.630. The van der Waals surface area contributed by atoms with Gasteiger partial charge in [-0.3, -0.25) is 0 Å². The van der Waals surface area contributed by atoms with E-state index in [9.17, 15) is 5.11 Å². The van der Waals surface area contributed by atoms with E-state index in [1.807, 2.05) is 23.9 Å². The van der Waals surface area contributed by atoms with E-state index in [2.05, 4.69) is 6.92 Å². The first-order chi connectivity index (χ1) is 10.3. The van der Waals surface area contributed by atoms with Crippen molar-refractivity contribution in [1.29, 1.82) is 0 Å². The number of benzene rings is 1. The molecule has 0 aliphatic rings. The van der Waals surface area contributed by atoms with E-state index in [-0.39, 0.29) is 0 Å². The molecule has 1 rings (SSSR count). The molecule has 0 aliphatic heterocycles. The molecule has 120 valence electrons. The standard InChI is InChI=1S/C19H32OS/c1-2-3-4-5-6-7-8-9-10-11-12-17-21-19-15-13-18(20)14-16-19/h13-16,20H,2-12,17H2,1H3. The molecule has 0 fully saturated rings. The lowest BCUT2D eigenvalue weighted by Crippen LogP contribution is -1.84. The molecule has 0 radical (unpaired) electrons. The van der Waals surface area contributed by atoms with Crippen molar-refractivity contribution in [3.05, 3.63) is 24.3 Å². The van der Waals surface area contributed by atoms with E-state index < -0.39 is 0 Å². The lowest BCUT2D eigenvalue weighted by atomic mass is 10.1. The third-order valence-corrected chi connectivity index (χ3v) is 4.95. The fourth-order valence-electron chi connectivity index (χ4n) is 2.50. The fraction of sp³-hybridized carbons (Fsp3) is 0.684. The van der Waals surface area contributed by atoms with Crippen LogP contribution in [0.1, 0.15) is 77.6 Å². The molecule has 0 aromatic heterocycles. The molecule has 1 N–H and O–H groups in total. The summed E-state index contributed by atoms with van der Waals surface area (Å²) in [6.07, 6.45) is 15.4. The van der Waals surface area contributed by atoms with Crippen molar-refractivity contribution >= 4 is 11.8 Å². The van der Waals surface area contributed by atoms with Gasteiger partial charge in [0.1, 0.15) is 5.75 Å². The highest BCUT2D eigenvalue weighted by Crippen LogP contribution is 2.22. The minimum absolute atomic E-state index is 0.356. The average Bonchev–Trinajstić information content (AvgIpc) is 2.50. The van der Waals surface area contributed by atoms with Gasteiger partial charge < -0.3 is 5.11 Å². The van der Waals surface area contributed by atoms with Crippen molar-refractivity contribution in [2.45, 2.75) is 82.4 Å². The Morgan fingerprint density at radius 3 is 1.71 bits per heavy atom. The Morgan fingerprint density at radius 2 is 1.19 bits per heavy atom. The summed E-state index contributed by atoms with van der Waals surface area (Å²) in [5.41, 5.74) is 0. The van der Waals surface area contributed by atoms with Crippen molar-refractivity contribution in [2.24, 2.45) is 0 Å². The van der Waals surface area contributed by atoms with Crippen molar-refractivity contribution in [2.75, 3.05) is 5.75 Å². The number of phenolic OH excluding ortho intramolecular Hbond substituents is 1. The van der Waals surface area contributed by atoms with Gasteiger partial charge in [0.2, 0.25) is 0 Å². The molecule has 0 amide bonds. The summed E-state index contributed by atoms with van der Waals surface area (Å²) in [5, 5.41) is 9.22. The first-order valence-electron chi connectivity index (χ1n) is 8.74. The monoisotopic (exact) mass is 308 g/mol. The highest BCUT2D eigenvalue weighted by molar-refractivity contribution is 7.99. The summed E-state index contributed by atoms with van der Waals surface area (Å²) in [6, 6.07) is 7.53. The number of hydrogen-bond donors (Lipinski definition) is 1. The zero-order valence-corrected chi connectivity index (χ0v) is 14.5. The average molecular weight is 309 g/mol. The second kappa shape index (κ2) is 13.1. The zero-order chi connectivity index (χ0) is 15.2. The van der Waals surface area contributed by atoms with Gasteiger partial charge in [0.05, 0.1) is 0 Å². The van der Waals surface area contributed by atoms with Crippen LogP contribution in [-0.2, 0) is 0 Å². The summed E-state index contributed by atoms with van der Waals surface area (Å²) in [5.74, 6) is 1.55. The van der Waals surface area contributed by atoms with Gasteiger partial charge in [-0.2, -0.15) is 0 Å². The molecule has 1 nitrogen and oxygen atoms in total. The molecule has 21 heavy (non-hydrogen) atoms. The van der Waals surface area contributed by atoms with Crippen molar-refractivity contribution in [3.8, 4) is 5.75 Å². The zero-order valence-electron chi connectivity index (χ0n) is 13.7. The van der Waals surface area contributed by atoms with E-state index in [1.54, 1.807) is 12.1 Å². The first kappa shape index (κ1) is 18.4. The van der Waals surface area contributed by atoms with Gasteiger partial charge >= 0.3 is 0 Å². The number of thioether (sulfide) groups is 1. The van der Waals surface area contributed by atoms with Gasteiger partial charge in [-0.25, -0.2) is 0 Å². The van der Waals surface area contributed by atoms with Crippen molar-refractivity contribution < 1.29 is 5.11 Å². The van der Waals surface area contributed by atoms with Crippen LogP contribution in [0.25, 0.3) is 0 Å². The molecule has 0 aliphatic carbocycles. The molecule has 0 saturated heterocycles. The maximum atomic E-state index is 9.22. The first-order valence-corrected chi connectivity index (χ1v) is 9.73. The Kier molecular flexibility index (Phi) is 11.5. The van der Waals surface area contributed by atoms with E-state index in [0.29, 0.717) is 5.75 Å². The summed E-state index contributed by atoms with van der Waals surface area (Å²) in [6.45, 7) is 2.28. The van der Waals surface area contributed by atoms with E-state index >= 15 is 0 Å². The number of phenols is 1. The van der Waals surface area contributed by atoms with Crippen LogP contribution in [0.5, 0.6) is 5.75 Å². The van der Waals surface area contributed by atoms with Crippen LogP contribution >= 0.6 is 11.8 Å². The van der Waals surface area contributed by atoms with Gasteiger partial charge in [0, 0.05) is 4.90 Å². The number of rotatable bonds is 13. The van der Waals surface area contributed by atoms with Crippen LogP contribution in [0.4, 0.5) is 0 Å². The summed E-state index contributed by atoms with van der Waals surface area (Å²) >= 11 is 1.90. The van der Waals surface area contributed by atoms with Gasteiger partial charge in [-0.1, -0.05) is 71.1 Å². The molecule has 0 heterocycles.